The highest BCUT2D eigenvalue weighted by Crippen LogP contribution is 2.15. The Bertz CT molecular complexity index is 777. The molecule has 0 spiro atoms. The first-order valence-corrected chi connectivity index (χ1v) is 9.00. The number of aryl methyl sites for hydroxylation is 1. The predicted molar refractivity (Wildman–Crippen MR) is 105 cm³/mol. The Balaban J connectivity index is 1.81. The van der Waals surface area contributed by atoms with E-state index in [1.165, 1.54) is 12.1 Å². The molecule has 0 heterocycles. The Hall–Kier alpha value is -2.73. The first-order valence-electron chi connectivity index (χ1n) is 9.00. The van der Waals surface area contributed by atoms with Gasteiger partial charge in [0.1, 0.15) is 5.82 Å². The van der Waals surface area contributed by atoms with Gasteiger partial charge in [0, 0.05) is 5.69 Å². The summed E-state index contributed by atoms with van der Waals surface area (Å²) in [6.45, 7) is 4.06. The van der Waals surface area contributed by atoms with Crippen LogP contribution in [0.5, 0.6) is 0 Å². The molecule has 0 aliphatic carbocycles. The van der Waals surface area contributed by atoms with Gasteiger partial charge in [-0.05, 0) is 49.7 Å². The number of para-hydroxylation sites is 1. The maximum Gasteiger partial charge on any atom is 0.238 e. The lowest BCUT2D eigenvalue weighted by molar-refractivity contribution is -0.123. The molecule has 0 saturated carbocycles. The van der Waals surface area contributed by atoms with Crippen molar-refractivity contribution in [2.75, 3.05) is 25.5 Å². The van der Waals surface area contributed by atoms with Gasteiger partial charge < -0.3 is 10.6 Å². The number of nitrogens with zero attached hydrogens (tertiary/aromatic N) is 1. The van der Waals surface area contributed by atoms with E-state index < -0.39 is 0 Å². The average Bonchev–Trinajstić information content (AvgIpc) is 2.62. The second-order valence-electron chi connectivity index (χ2n) is 6.57. The average molecular weight is 371 g/mol. The molecule has 1 unspecified atom stereocenters. The topological polar surface area (TPSA) is 61.4 Å². The van der Waals surface area contributed by atoms with Crippen molar-refractivity contribution in [3.05, 3.63) is 65.5 Å². The molecule has 6 heteroatoms. The van der Waals surface area contributed by atoms with Gasteiger partial charge in [-0.15, -0.1) is 0 Å². The summed E-state index contributed by atoms with van der Waals surface area (Å²) >= 11 is 0. The number of amides is 2. The minimum Gasteiger partial charge on any atom is -0.348 e. The molecule has 0 aromatic heterocycles. The van der Waals surface area contributed by atoms with Crippen LogP contribution in [-0.2, 0) is 16.0 Å². The molecule has 0 fully saturated rings. The van der Waals surface area contributed by atoms with Crippen molar-refractivity contribution in [3.8, 4) is 0 Å². The van der Waals surface area contributed by atoms with E-state index in [1.54, 1.807) is 24.1 Å². The van der Waals surface area contributed by atoms with Crippen LogP contribution in [0.4, 0.5) is 10.1 Å². The number of carbonyl (C=O) groups is 2. The van der Waals surface area contributed by atoms with E-state index in [0.29, 0.717) is 0 Å². The number of nitrogens with one attached hydrogen (secondary N) is 2. The summed E-state index contributed by atoms with van der Waals surface area (Å²) in [4.78, 5) is 26.1. The fourth-order valence-corrected chi connectivity index (χ4v) is 2.81. The lowest BCUT2D eigenvalue weighted by atomic mass is 10.1. The Morgan fingerprint density at radius 2 is 1.67 bits per heavy atom. The molecule has 2 N–H and O–H groups in total. The van der Waals surface area contributed by atoms with Crippen molar-refractivity contribution in [3.63, 3.8) is 0 Å². The van der Waals surface area contributed by atoms with Crippen molar-refractivity contribution in [1.29, 1.82) is 0 Å². The van der Waals surface area contributed by atoms with Crippen LogP contribution in [0.2, 0.25) is 0 Å². The molecular weight excluding hydrogens is 345 g/mol. The van der Waals surface area contributed by atoms with Crippen LogP contribution in [0, 0.1) is 5.82 Å². The Kier molecular flexibility index (Phi) is 7.49. The van der Waals surface area contributed by atoms with Gasteiger partial charge in [-0.25, -0.2) is 4.39 Å². The zero-order valence-electron chi connectivity index (χ0n) is 16.0. The molecule has 5 nitrogen and oxygen atoms in total. The fourth-order valence-electron chi connectivity index (χ4n) is 2.81. The number of halogens is 1. The molecule has 27 heavy (non-hydrogen) atoms. The highest BCUT2D eigenvalue weighted by atomic mass is 19.1. The zero-order valence-corrected chi connectivity index (χ0v) is 16.0. The lowest BCUT2D eigenvalue weighted by Gasteiger charge is -2.19. The first kappa shape index (κ1) is 20.6. The molecule has 0 aliphatic rings. The van der Waals surface area contributed by atoms with Gasteiger partial charge >= 0.3 is 0 Å². The van der Waals surface area contributed by atoms with Crippen molar-refractivity contribution >= 4 is 17.5 Å². The monoisotopic (exact) mass is 371 g/mol. The van der Waals surface area contributed by atoms with Crippen molar-refractivity contribution in [1.82, 2.24) is 10.2 Å². The number of anilines is 1. The number of hydrogen-bond donors (Lipinski definition) is 2. The van der Waals surface area contributed by atoms with E-state index >= 15 is 0 Å². The number of rotatable bonds is 8. The van der Waals surface area contributed by atoms with Crippen LogP contribution in [0.15, 0.2) is 48.5 Å². The summed E-state index contributed by atoms with van der Waals surface area (Å²) in [5.74, 6) is -0.679. The van der Waals surface area contributed by atoms with E-state index in [9.17, 15) is 14.0 Å². The third kappa shape index (κ3) is 6.49. The van der Waals surface area contributed by atoms with Crippen LogP contribution < -0.4 is 10.6 Å². The van der Waals surface area contributed by atoms with Crippen LogP contribution in [0.1, 0.15) is 31.0 Å². The standard InChI is InChI=1S/C21H26FN3O2/c1-4-16-7-5-6-8-19(16)24-21(27)14-25(3)13-20(26)23-15(2)17-9-11-18(22)12-10-17/h5-12,15H,4,13-14H2,1-3H3,(H,23,26)(H,24,27). The van der Waals surface area contributed by atoms with E-state index in [1.807, 2.05) is 38.1 Å². The molecule has 0 radical (unpaired) electrons. The normalized spacial score (nSPS) is 11.9. The smallest absolute Gasteiger partial charge is 0.238 e. The molecule has 1 atom stereocenters. The van der Waals surface area contributed by atoms with Crippen LogP contribution in [0.25, 0.3) is 0 Å². The number of benzene rings is 2. The van der Waals surface area contributed by atoms with Crippen LogP contribution >= 0.6 is 0 Å². The molecule has 0 bridgehead atoms. The Morgan fingerprint density at radius 1 is 1.04 bits per heavy atom. The molecular formula is C21H26FN3O2. The molecule has 2 rings (SSSR count). The van der Waals surface area contributed by atoms with Crippen LogP contribution in [-0.4, -0.2) is 36.9 Å². The molecule has 2 aromatic rings. The predicted octanol–water partition coefficient (Wildman–Crippen LogP) is 3.14. The zero-order chi connectivity index (χ0) is 19.8. The summed E-state index contributed by atoms with van der Waals surface area (Å²) in [5, 5.41) is 5.74. The highest BCUT2D eigenvalue weighted by Gasteiger charge is 2.14. The van der Waals surface area contributed by atoms with E-state index in [4.69, 9.17) is 0 Å². The third-order valence-electron chi connectivity index (χ3n) is 4.25. The second kappa shape index (κ2) is 9.83. The number of hydrogen-bond acceptors (Lipinski definition) is 3. The fraction of sp³-hybridized carbons (Fsp3) is 0.333. The SMILES string of the molecule is CCc1ccccc1NC(=O)CN(C)CC(=O)NC(C)c1ccc(F)cc1. The summed E-state index contributed by atoms with van der Waals surface area (Å²) in [6.07, 6.45) is 0.829. The number of likely N-dealkylation sites (N-methyl/N-ethyl adjacent to an activating group) is 1. The quantitative estimate of drug-likeness (QED) is 0.749. The van der Waals surface area contributed by atoms with Gasteiger partial charge in [-0.3, -0.25) is 14.5 Å². The maximum absolute atomic E-state index is 13.0. The van der Waals surface area contributed by atoms with E-state index in [0.717, 1.165) is 23.2 Å². The van der Waals surface area contributed by atoms with Gasteiger partial charge in [0.25, 0.3) is 0 Å². The van der Waals surface area contributed by atoms with Gasteiger partial charge in [0.15, 0.2) is 0 Å². The molecule has 0 saturated heterocycles. The van der Waals surface area contributed by atoms with Gasteiger partial charge in [0.05, 0.1) is 19.1 Å². The third-order valence-corrected chi connectivity index (χ3v) is 4.25. The van der Waals surface area contributed by atoms with E-state index in [-0.39, 0.29) is 36.8 Å². The molecule has 2 amide bonds. The Labute approximate surface area is 159 Å². The largest absolute Gasteiger partial charge is 0.348 e. The van der Waals surface area contributed by atoms with Gasteiger partial charge in [-0.1, -0.05) is 37.3 Å². The highest BCUT2D eigenvalue weighted by molar-refractivity contribution is 5.93. The summed E-state index contributed by atoms with van der Waals surface area (Å²) in [6, 6.07) is 13.4. The summed E-state index contributed by atoms with van der Waals surface area (Å²) in [7, 11) is 1.72. The lowest BCUT2D eigenvalue weighted by Crippen LogP contribution is -2.39. The maximum atomic E-state index is 13.0. The van der Waals surface area contributed by atoms with Gasteiger partial charge in [-0.2, -0.15) is 0 Å². The van der Waals surface area contributed by atoms with Crippen molar-refractivity contribution in [2.45, 2.75) is 26.3 Å². The van der Waals surface area contributed by atoms with Crippen molar-refractivity contribution in [2.24, 2.45) is 0 Å². The Morgan fingerprint density at radius 3 is 2.33 bits per heavy atom. The van der Waals surface area contributed by atoms with Crippen molar-refractivity contribution < 1.29 is 14.0 Å². The molecule has 144 valence electrons. The molecule has 0 aliphatic heterocycles. The van der Waals surface area contributed by atoms with Gasteiger partial charge in [0.2, 0.25) is 11.8 Å². The first-order chi connectivity index (χ1) is 12.9. The summed E-state index contributed by atoms with van der Waals surface area (Å²) < 4.78 is 13.0. The molecule has 2 aromatic carbocycles. The minimum atomic E-state index is -0.312. The van der Waals surface area contributed by atoms with Crippen LogP contribution in [0.3, 0.4) is 0 Å². The minimum absolute atomic E-state index is 0.0916. The second-order valence-corrected chi connectivity index (χ2v) is 6.57. The van der Waals surface area contributed by atoms with E-state index in [2.05, 4.69) is 10.6 Å². The number of carbonyl (C=O) groups excluding carboxylic acids is 2. The summed E-state index contributed by atoms with van der Waals surface area (Å²) in [5.41, 5.74) is 2.69.